The van der Waals surface area contributed by atoms with Crippen LogP contribution in [-0.4, -0.2) is 4.98 Å². The molecule has 4 rings (SSSR count). The summed E-state index contributed by atoms with van der Waals surface area (Å²) in [5, 5.41) is 9.53. The van der Waals surface area contributed by atoms with Crippen molar-refractivity contribution in [2.45, 2.75) is 19.6 Å². The summed E-state index contributed by atoms with van der Waals surface area (Å²) in [7, 11) is 0. The van der Waals surface area contributed by atoms with Crippen LogP contribution in [0.1, 0.15) is 16.7 Å². The number of anilines is 1. The summed E-state index contributed by atoms with van der Waals surface area (Å²) in [4.78, 5) is 4.40. The Labute approximate surface area is 180 Å². The Morgan fingerprint density at radius 2 is 1.41 bits per heavy atom. The van der Waals surface area contributed by atoms with Crippen LogP contribution in [0.2, 0.25) is 10.0 Å². The Morgan fingerprint density at radius 3 is 2.24 bits per heavy atom. The first-order chi connectivity index (χ1) is 14.2. The van der Waals surface area contributed by atoms with Gasteiger partial charge >= 0.3 is 0 Å². The maximum atomic E-state index is 6.08. The molecule has 3 aromatic carbocycles. The molecule has 0 bridgehead atoms. The number of halogens is 2. The Hall–Kier alpha value is -2.59. The molecule has 29 heavy (non-hydrogen) atoms. The topological polar surface area (TPSA) is 37.0 Å². The van der Waals surface area contributed by atoms with Crippen molar-refractivity contribution in [3.63, 3.8) is 0 Å². The Balaban J connectivity index is 1.37. The number of aromatic nitrogens is 1. The number of pyridine rings is 1. The average Bonchev–Trinajstić information content (AvgIpc) is 2.74. The van der Waals surface area contributed by atoms with E-state index < -0.39 is 0 Å². The summed E-state index contributed by atoms with van der Waals surface area (Å²) in [5.41, 5.74) is 5.65. The Bertz CT molecular complexity index is 1110. The van der Waals surface area contributed by atoms with Gasteiger partial charge in [0.15, 0.2) is 0 Å². The van der Waals surface area contributed by atoms with Gasteiger partial charge in [-0.05, 0) is 53.1 Å². The largest absolute Gasteiger partial charge is 0.380 e. The van der Waals surface area contributed by atoms with Crippen LogP contribution in [-0.2, 0) is 19.6 Å². The van der Waals surface area contributed by atoms with Crippen LogP contribution in [0.25, 0.3) is 10.9 Å². The standard InChI is InChI=1S/C24H21Cl2N3/c25-20-6-4-17(5-7-20)14-27-15-18-2-1-3-19(12-18)16-29-23-10-11-28-24-13-21(26)8-9-22(23)24/h1-13,27H,14-16H2,(H,28,29). The van der Waals surface area contributed by atoms with Gasteiger partial charge in [-0.15, -0.1) is 0 Å². The van der Waals surface area contributed by atoms with Gasteiger partial charge in [-0.25, -0.2) is 0 Å². The highest BCUT2D eigenvalue weighted by molar-refractivity contribution is 6.31. The molecule has 0 saturated heterocycles. The minimum Gasteiger partial charge on any atom is -0.380 e. The molecule has 0 atom stereocenters. The first kappa shape index (κ1) is 19.7. The molecule has 0 saturated carbocycles. The first-order valence-electron chi connectivity index (χ1n) is 9.48. The quantitative estimate of drug-likeness (QED) is 0.360. The number of rotatable bonds is 7. The van der Waals surface area contributed by atoms with Crippen LogP contribution >= 0.6 is 23.2 Å². The van der Waals surface area contributed by atoms with E-state index in [1.165, 1.54) is 16.7 Å². The van der Waals surface area contributed by atoms with Crippen LogP contribution in [0.15, 0.2) is 79.0 Å². The molecular formula is C24H21Cl2N3. The molecule has 0 unspecified atom stereocenters. The van der Waals surface area contributed by atoms with Gasteiger partial charge in [-0.1, -0.05) is 59.6 Å². The Morgan fingerprint density at radius 1 is 0.690 bits per heavy atom. The number of hydrogen-bond acceptors (Lipinski definition) is 3. The van der Waals surface area contributed by atoms with E-state index >= 15 is 0 Å². The van der Waals surface area contributed by atoms with Gasteiger partial charge in [-0.2, -0.15) is 0 Å². The van der Waals surface area contributed by atoms with Crippen molar-refractivity contribution in [1.29, 1.82) is 0 Å². The van der Waals surface area contributed by atoms with E-state index in [9.17, 15) is 0 Å². The third-order valence-corrected chi connectivity index (χ3v) is 5.24. The number of nitrogens with zero attached hydrogens (tertiary/aromatic N) is 1. The van der Waals surface area contributed by atoms with E-state index in [-0.39, 0.29) is 0 Å². The maximum Gasteiger partial charge on any atom is 0.0737 e. The van der Waals surface area contributed by atoms with E-state index in [1.807, 2.05) is 48.5 Å². The third kappa shape index (κ3) is 5.27. The molecular weight excluding hydrogens is 401 g/mol. The Kier molecular flexibility index (Phi) is 6.30. The fraction of sp³-hybridized carbons (Fsp3) is 0.125. The molecule has 5 heteroatoms. The second-order valence-corrected chi connectivity index (χ2v) is 7.80. The normalized spacial score (nSPS) is 11.0. The fourth-order valence-electron chi connectivity index (χ4n) is 3.28. The monoisotopic (exact) mass is 421 g/mol. The zero-order valence-electron chi connectivity index (χ0n) is 15.8. The number of hydrogen-bond donors (Lipinski definition) is 2. The SMILES string of the molecule is Clc1ccc(CNCc2cccc(CNc3ccnc4cc(Cl)ccc34)c2)cc1. The van der Waals surface area contributed by atoms with Gasteiger partial charge in [0, 0.05) is 46.9 Å². The molecule has 0 amide bonds. The van der Waals surface area contributed by atoms with Crippen molar-refractivity contribution >= 4 is 39.8 Å². The van der Waals surface area contributed by atoms with Crippen LogP contribution in [0.3, 0.4) is 0 Å². The molecule has 0 aliphatic carbocycles. The van der Waals surface area contributed by atoms with Crippen molar-refractivity contribution < 1.29 is 0 Å². The van der Waals surface area contributed by atoms with Crippen molar-refractivity contribution in [3.05, 3.63) is 106 Å². The van der Waals surface area contributed by atoms with E-state index in [2.05, 4.69) is 39.9 Å². The van der Waals surface area contributed by atoms with Crippen LogP contribution in [0.5, 0.6) is 0 Å². The van der Waals surface area contributed by atoms with E-state index in [0.717, 1.165) is 41.2 Å². The highest BCUT2D eigenvalue weighted by Gasteiger charge is 2.03. The van der Waals surface area contributed by atoms with Crippen molar-refractivity contribution in [3.8, 4) is 0 Å². The molecule has 0 aliphatic heterocycles. The van der Waals surface area contributed by atoms with Gasteiger partial charge in [0.1, 0.15) is 0 Å². The molecule has 146 valence electrons. The fourth-order valence-corrected chi connectivity index (χ4v) is 3.57. The molecule has 1 aromatic heterocycles. The number of fused-ring (bicyclic) bond motifs is 1. The van der Waals surface area contributed by atoms with Crippen molar-refractivity contribution in [1.82, 2.24) is 10.3 Å². The molecule has 2 N–H and O–H groups in total. The zero-order valence-corrected chi connectivity index (χ0v) is 17.3. The molecule has 3 nitrogen and oxygen atoms in total. The first-order valence-corrected chi connectivity index (χ1v) is 10.2. The lowest BCUT2D eigenvalue weighted by molar-refractivity contribution is 0.693. The second-order valence-electron chi connectivity index (χ2n) is 6.92. The molecule has 0 spiro atoms. The number of nitrogens with one attached hydrogen (secondary N) is 2. The van der Waals surface area contributed by atoms with Gasteiger partial charge in [0.05, 0.1) is 5.52 Å². The second kappa shape index (κ2) is 9.27. The summed E-state index contributed by atoms with van der Waals surface area (Å²) in [6.45, 7) is 2.37. The predicted octanol–water partition coefficient (Wildman–Crippen LogP) is 6.44. The molecule has 4 aromatic rings. The number of benzene rings is 3. The minimum atomic E-state index is 0.695. The summed E-state index contributed by atoms with van der Waals surface area (Å²) in [5.74, 6) is 0. The van der Waals surface area contributed by atoms with Crippen molar-refractivity contribution in [2.75, 3.05) is 5.32 Å². The predicted molar refractivity (Wildman–Crippen MR) is 123 cm³/mol. The van der Waals surface area contributed by atoms with E-state index in [0.29, 0.717) is 5.02 Å². The third-order valence-electron chi connectivity index (χ3n) is 4.75. The lowest BCUT2D eigenvalue weighted by Gasteiger charge is -2.11. The minimum absolute atomic E-state index is 0.695. The van der Waals surface area contributed by atoms with Crippen LogP contribution in [0.4, 0.5) is 5.69 Å². The van der Waals surface area contributed by atoms with Gasteiger partial charge in [-0.3, -0.25) is 4.98 Å². The van der Waals surface area contributed by atoms with Crippen LogP contribution in [0, 0.1) is 0 Å². The van der Waals surface area contributed by atoms with Crippen molar-refractivity contribution in [2.24, 2.45) is 0 Å². The maximum absolute atomic E-state index is 6.08. The zero-order chi connectivity index (χ0) is 20.1. The molecule has 0 aliphatic rings. The lowest BCUT2D eigenvalue weighted by atomic mass is 10.1. The summed E-state index contributed by atoms with van der Waals surface area (Å²) < 4.78 is 0. The summed E-state index contributed by atoms with van der Waals surface area (Å²) in [6.07, 6.45) is 1.80. The van der Waals surface area contributed by atoms with E-state index in [4.69, 9.17) is 23.2 Å². The van der Waals surface area contributed by atoms with E-state index in [1.54, 1.807) is 6.20 Å². The smallest absolute Gasteiger partial charge is 0.0737 e. The molecule has 0 radical (unpaired) electrons. The van der Waals surface area contributed by atoms with Crippen LogP contribution < -0.4 is 10.6 Å². The van der Waals surface area contributed by atoms with Gasteiger partial charge < -0.3 is 10.6 Å². The summed E-state index contributed by atoms with van der Waals surface area (Å²) in [6, 6.07) is 24.3. The van der Waals surface area contributed by atoms with Gasteiger partial charge in [0.25, 0.3) is 0 Å². The molecule has 1 heterocycles. The highest BCUT2D eigenvalue weighted by Crippen LogP contribution is 2.24. The summed E-state index contributed by atoms with van der Waals surface area (Å²) >= 11 is 12.0. The highest BCUT2D eigenvalue weighted by atomic mass is 35.5. The van der Waals surface area contributed by atoms with Gasteiger partial charge in [0.2, 0.25) is 0 Å². The lowest BCUT2D eigenvalue weighted by Crippen LogP contribution is -2.13. The molecule has 0 fully saturated rings. The average molecular weight is 422 g/mol.